The number of nitrogens with zero attached hydrogens (tertiary/aromatic N) is 4. The van der Waals surface area contributed by atoms with Crippen LogP contribution in [0.3, 0.4) is 0 Å². The Bertz CT molecular complexity index is 652. The zero-order valence-corrected chi connectivity index (χ0v) is 16.6. The number of aromatic nitrogens is 2. The Hall–Kier alpha value is -2.09. The fourth-order valence-electron chi connectivity index (χ4n) is 3.46. The molecule has 0 unspecified atom stereocenters. The second-order valence-corrected chi connectivity index (χ2v) is 7.95. The first-order valence-electron chi connectivity index (χ1n) is 8.82. The summed E-state index contributed by atoms with van der Waals surface area (Å²) in [6.07, 6.45) is 4.53. The van der Waals surface area contributed by atoms with Crippen LogP contribution in [-0.2, 0) is 27.9 Å². The van der Waals surface area contributed by atoms with E-state index in [-0.39, 0.29) is 0 Å². The highest BCUT2D eigenvalue weighted by molar-refractivity contribution is 5.87. The van der Waals surface area contributed by atoms with Crippen molar-refractivity contribution in [2.24, 2.45) is 7.05 Å². The van der Waals surface area contributed by atoms with Crippen molar-refractivity contribution in [1.29, 1.82) is 0 Å². The van der Waals surface area contributed by atoms with Crippen LogP contribution in [0.2, 0.25) is 0 Å². The van der Waals surface area contributed by atoms with Crippen molar-refractivity contribution in [2.75, 3.05) is 27.2 Å². The van der Waals surface area contributed by atoms with E-state index in [1.165, 1.54) is 12.0 Å². The summed E-state index contributed by atoms with van der Waals surface area (Å²) < 4.78 is 12.3. The molecule has 8 nitrogen and oxygen atoms in total. The molecular formula is C18H30N4O4. The van der Waals surface area contributed by atoms with Gasteiger partial charge in [-0.2, -0.15) is 5.10 Å². The molecule has 0 radical (unpaired) electrons. The molecule has 0 aliphatic carbocycles. The van der Waals surface area contributed by atoms with Crippen LogP contribution in [0.1, 0.15) is 39.2 Å². The first-order chi connectivity index (χ1) is 12.1. The van der Waals surface area contributed by atoms with Gasteiger partial charge in [0.15, 0.2) is 5.54 Å². The number of likely N-dealkylation sites (tertiary alicyclic amines) is 1. The number of methoxy groups -OCH3 is 1. The van der Waals surface area contributed by atoms with Gasteiger partial charge in [-0.25, -0.2) is 9.59 Å². The predicted molar refractivity (Wildman–Crippen MR) is 96.5 cm³/mol. The third-order valence-corrected chi connectivity index (χ3v) is 4.41. The van der Waals surface area contributed by atoms with Crippen LogP contribution in [-0.4, -0.2) is 70.0 Å². The number of hydrogen-bond donors (Lipinski definition) is 0. The Morgan fingerprint density at radius 1 is 1.38 bits per heavy atom. The molecule has 1 aliphatic heterocycles. The van der Waals surface area contributed by atoms with Crippen LogP contribution in [0.5, 0.6) is 0 Å². The number of carbonyl (C=O) groups is 2. The van der Waals surface area contributed by atoms with Gasteiger partial charge in [-0.05, 0) is 40.7 Å². The fourth-order valence-corrected chi connectivity index (χ4v) is 3.46. The molecule has 1 atom stereocenters. The highest BCUT2D eigenvalue weighted by atomic mass is 16.6. The third kappa shape index (κ3) is 4.55. The summed E-state index contributed by atoms with van der Waals surface area (Å²) in [5.74, 6) is -0.404. The summed E-state index contributed by atoms with van der Waals surface area (Å²) in [6.45, 7) is 6.91. The maximum Gasteiger partial charge on any atom is 0.411 e. The van der Waals surface area contributed by atoms with E-state index < -0.39 is 23.2 Å². The molecule has 0 aromatic carbocycles. The number of rotatable bonds is 5. The zero-order chi connectivity index (χ0) is 19.5. The average molecular weight is 366 g/mol. The van der Waals surface area contributed by atoms with E-state index in [0.717, 1.165) is 12.0 Å². The van der Waals surface area contributed by atoms with Gasteiger partial charge in [0, 0.05) is 38.4 Å². The van der Waals surface area contributed by atoms with Crippen molar-refractivity contribution in [3.05, 3.63) is 18.0 Å². The van der Waals surface area contributed by atoms with Crippen molar-refractivity contribution < 1.29 is 19.1 Å². The highest BCUT2D eigenvalue weighted by Crippen LogP contribution is 2.33. The minimum atomic E-state index is -1.03. The number of ether oxygens (including phenoxy) is 2. The first kappa shape index (κ1) is 20.2. The van der Waals surface area contributed by atoms with Crippen LogP contribution in [0.15, 0.2) is 12.4 Å². The summed E-state index contributed by atoms with van der Waals surface area (Å²) in [5.41, 5.74) is -0.617. The van der Waals surface area contributed by atoms with Gasteiger partial charge in [-0.3, -0.25) is 14.5 Å². The Kier molecular flexibility index (Phi) is 5.95. The fraction of sp³-hybridized carbons (Fsp3) is 0.722. The van der Waals surface area contributed by atoms with E-state index in [9.17, 15) is 9.59 Å². The van der Waals surface area contributed by atoms with Gasteiger partial charge in [0.05, 0.1) is 13.3 Å². The van der Waals surface area contributed by atoms with E-state index in [1.54, 1.807) is 10.9 Å². The van der Waals surface area contributed by atoms with Gasteiger partial charge in [-0.15, -0.1) is 0 Å². The van der Waals surface area contributed by atoms with E-state index >= 15 is 0 Å². The molecule has 8 heteroatoms. The SMILES string of the molecule is COC(=O)[C@@]1(CN(C)Cc2cnn(C)c2)CCCN1C(=O)OC(C)(C)C. The van der Waals surface area contributed by atoms with Crippen LogP contribution >= 0.6 is 0 Å². The molecule has 2 rings (SSSR count). The quantitative estimate of drug-likeness (QED) is 0.740. The maximum absolute atomic E-state index is 12.7. The van der Waals surface area contributed by atoms with Gasteiger partial charge in [-0.1, -0.05) is 0 Å². The number of carbonyl (C=O) groups excluding carboxylic acids is 2. The maximum atomic E-state index is 12.7. The van der Waals surface area contributed by atoms with Gasteiger partial charge >= 0.3 is 12.1 Å². The summed E-state index contributed by atoms with van der Waals surface area (Å²) in [6, 6.07) is 0. The molecule has 0 N–H and O–H groups in total. The average Bonchev–Trinajstić information content (AvgIpc) is 3.11. The van der Waals surface area contributed by atoms with Crippen LogP contribution in [0.25, 0.3) is 0 Å². The number of amides is 1. The minimum absolute atomic E-state index is 0.369. The van der Waals surface area contributed by atoms with E-state index in [1.807, 2.05) is 46.0 Å². The Morgan fingerprint density at radius 3 is 2.62 bits per heavy atom. The highest BCUT2D eigenvalue weighted by Gasteiger charge is 2.52. The lowest BCUT2D eigenvalue weighted by molar-refractivity contribution is -0.154. The molecule has 1 aromatic heterocycles. The smallest absolute Gasteiger partial charge is 0.411 e. The molecule has 1 aliphatic rings. The Balaban J connectivity index is 2.20. The molecule has 2 heterocycles. The molecular weight excluding hydrogens is 336 g/mol. The molecule has 1 amide bonds. The lowest BCUT2D eigenvalue weighted by Gasteiger charge is -2.39. The van der Waals surface area contributed by atoms with Gasteiger partial charge in [0.25, 0.3) is 0 Å². The van der Waals surface area contributed by atoms with Gasteiger partial charge < -0.3 is 9.47 Å². The monoisotopic (exact) mass is 366 g/mol. The topological polar surface area (TPSA) is 76.9 Å². The summed E-state index contributed by atoms with van der Waals surface area (Å²) in [7, 11) is 5.14. The molecule has 0 spiro atoms. The van der Waals surface area contributed by atoms with Crippen molar-refractivity contribution in [2.45, 2.75) is 51.3 Å². The molecule has 1 aromatic rings. The molecule has 0 saturated carbocycles. The number of aryl methyl sites for hydroxylation is 1. The van der Waals surface area contributed by atoms with Crippen molar-refractivity contribution in [3.8, 4) is 0 Å². The normalized spacial score (nSPS) is 20.5. The van der Waals surface area contributed by atoms with Crippen molar-refractivity contribution >= 4 is 12.1 Å². The summed E-state index contributed by atoms with van der Waals surface area (Å²) >= 11 is 0. The second-order valence-electron chi connectivity index (χ2n) is 7.95. The van der Waals surface area contributed by atoms with Crippen LogP contribution in [0.4, 0.5) is 4.79 Å². The molecule has 1 fully saturated rings. The van der Waals surface area contributed by atoms with E-state index in [2.05, 4.69) is 5.10 Å². The summed E-state index contributed by atoms with van der Waals surface area (Å²) in [5, 5.41) is 4.17. The Labute approximate surface area is 155 Å². The van der Waals surface area contributed by atoms with E-state index in [4.69, 9.17) is 9.47 Å². The third-order valence-electron chi connectivity index (χ3n) is 4.41. The van der Waals surface area contributed by atoms with Crippen molar-refractivity contribution in [1.82, 2.24) is 19.6 Å². The van der Waals surface area contributed by atoms with Gasteiger partial charge in [0.2, 0.25) is 0 Å². The lowest BCUT2D eigenvalue weighted by Crippen LogP contribution is -2.59. The summed E-state index contributed by atoms with van der Waals surface area (Å²) in [4.78, 5) is 28.9. The van der Waals surface area contributed by atoms with E-state index in [0.29, 0.717) is 26.1 Å². The largest absolute Gasteiger partial charge is 0.467 e. The minimum Gasteiger partial charge on any atom is -0.467 e. The second kappa shape index (κ2) is 7.65. The van der Waals surface area contributed by atoms with Crippen LogP contribution in [0, 0.1) is 0 Å². The Morgan fingerprint density at radius 2 is 2.08 bits per heavy atom. The van der Waals surface area contributed by atoms with Gasteiger partial charge in [0.1, 0.15) is 5.60 Å². The van der Waals surface area contributed by atoms with Crippen LogP contribution < -0.4 is 0 Å². The molecule has 26 heavy (non-hydrogen) atoms. The van der Waals surface area contributed by atoms with Crippen molar-refractivity contribution in [3.63, 3.8) is 0 Å². The number of likely N-dealkylation sites (N-methyl/N-ethyl adjacent to an activating group) is 1. The molecule has 0 bridgehead atoms. The lowest BCUT2D eigenvalue weighted by atomic mass is 9.95. The molecule has 1 saturated heterocycles. The molecule has 146 valence electrons. The standard InChI is InChI=1S/C18H30N4O4/c1-17(2,3)26-16(24)22-9-7-8-18(22,15(23)25-6)13-20(4)11-14-10-19-21(5)12-14/h10,12H,7-9,11,13H2,1-6H3/t18-/m0/s1. The predicted octanol–water partition coefficient (Wildman–Crippen LogP) is 1.79. The zero-order valence-electron chi connectivity index (χ0n) is 16.6. The number of hydrogen-bond acceptors (Lipinski definition) is 6. The number of esters is 1. The first-order valence-corrected chi connectivity index (χ1v) is 8.82.